The van der Waals surface area contributed by atoms with Crippen LogP contribution in [0.15, 0.2) is 0 Å². The van der Waals surface area contributed by atoms with Crippen molar-refractivity contribution in [2.75, 3.05) is 7.11 Å². The minimum Gasteiger partial charge on any atom is -0.476 e. The molecule has 6 nitrogen and oxygen atoms in total. The molecule has 0 aliphatic carbocycles. The standard InChI is InChI=1S/C7H8F3N3O3/c1-3-12-6(16-2)4(13(14)15)5(11-12)7(8,9)10/h3H2,1-2H3. The molecule has 0 radical (unpaired) electrons. The quantitative estimate of drug-likeness (QED) is 0.596. The average molecular weight is 239 g/mol. The van der Waals surface area contributed by atoms with Crippen molar-refractivity contribution in [2.24, 2.45) is 0 Å². The molecule has 0 bridgehead atoms. The Balaban J connectivity index is 3.50. The van der Waals surface area contributed by atoms with Crippen molar-refractivity contribution in [3.8, 4) is 5.88 Å². The van der Waals surface area contributed by atoms with Crippen LogP contribution in [-0.2, 0) is 12.7 Å². The Morgan fingerprint density at radius 1 is 1.56 bits per heavy atom. The van der Waals surface area contributed by atoms with Gasteiger partial charge in [-0.15, -0.1) is 0 Å². The van der Waals surface area contributed by atoms with E-state index in [1.54, 1.807) is 0 Å². The van der Waals surface area contributed by atoms with Crippen molar-refractivity contribution in [1.29, 1.82) is 0 Å². The second kappa shape index (κ2) is 3.99. The SMILES string of the molecule is CCn1nc(C(F)(F)F)c([N+](=O)[O-])c1OC. The van der Waals surface area contributed by atoms with Crippen LogP contribution in [0.5, 0.6) is 5.88 Å². The molecule has 0 aliphatic heterocycles. The van der Waals surface area contributed by atoms with Gasteiger partial charge in [-0.05, 0) is 6.92 Å². The van der Waals surface area contributed by atoms with Crippen LogP contribution in [-0.4, -0.2) is 21.8 Å². The van der Waals surface area contributed by atoms with E-state index in [0.29, 0.717) is 0 Å². The maximum Gasteiger partial charge on any atom is 0.442 e. The Kier molecular flexibility index (Phi) is 3.06. The molecule has 0 saturated heterocycles. The molecule has 0 aromatic carbocycles. The van der Waals surface area contributed by atoms with E-state index >= 15 is 0 Å². The maximum absolute atomic E-state index is 12.4. The minimum atomic E-state index is -4.88. The molecule has 0 amide bonds. The van der Waals surface area contributed by atoms with E-state index in [1.807, 2.05) is 0 Å². The summed E-state index contributed by atoms with van der Waals surface area (Å²) in [6.07, 6.45) is -4.88. The summed E-state index contributed by atoms with van der Waals surface area (Å²) in [6.45, 7) is 1.54. The molecule has 1 aromatic heterocycles. The van der Waals surface area contributed by atoms with Crippen LogP contribution in [0.25, 0.3) is 0 Å². The number of rotatable bonds is 3. The molecule has 1 rings (SSSR count). The number of hydrogen-bond donors (Lipinski definition) is 0. The second-order valence-corrected chi connectivity index (χ2v) is 2.78. The first-order valence-corrected chi connectivity index (χ1v) is 4.19. The number of nitrogens with zero attached hydrogens (tertiary/aromatic N) is 3. The third kappa shape index (κ3) is 1.92. The molecule has 0 aliphatic rings. The van der Waals surface area contributed by atoms with Gasteiger partial charge in [0.05, 0.1) is 12.0 Å². The highest BCUT2D eigenvalue weighted by atomic mass is 19.4. The average Bonchev–Trinajstić information content (AvgIpc) is 2.54. The highest BCUT2D eigenvalue weighted by Gasteiger charge is 2.45. The lowest BCUT2D eigenvalue weighted by atomic mass is 10.3. The fourth-order valence-electron chi connectivity index (χ4n) is 1.21. The van der Waals surface area contributed by atoms with Gasteiger partial charge < -0.3 is 4.74 Å². The highest BCUT2D eigenvalue weighted by Crippen LogP contribution is 2.40. The number of aromatic nitrogens is 2. The van der Waals surface area contributed by atoms with E-state index in [4.69, 9.17) is 0 Å². The van der Waals surface area contributed by atoms with Crippen LogP contribution >= 0.6 is 0 Å². The van der Waals surface area contributed by atoms with E-state index in [2.05, 4.69) is 9.84 Å². The maximum atomic E-state index is 12.4. The van der Waals surface area contributed by atoms with Gasteiger partial charge in [-0.1, -0.05) is 0 Å². The van der Waals surface area contributed by atoms with Crippen molar-refractivity contribution in [1.82, 2.24) is 9.78 Å². The third-order valence-corrected chi connectivity index (χ3v) is 1.83. The summed E-state index contributed by atoms with van der Waals surface area (Å²) >= 11 is 0. The molecule has 1 heterocycles. The first-order chi connectivity index (χ1) is 7.32. The number of halogens is 3. The third-order valence-electron chi connectivity index (χ3n) is 1.83. The van der Waals surface area contributed by atoms with E-state index in [0.717, 1.165) is 11.8 Å². The first kappa shape index (κ1) is 12.3. The number of alkyl halides is 3. The smallest absolute Gasteiger partial charge is 0.442 e. The van der Waals surface area contributed by atoms with E-state index in [9.17, 15) is 23.3 Å². The Morgan fingerprint density at radius 2 is 2.12 bits per heavy atom. The molecule has 0 N–H and O–H groups in total. The first-order valence-electron chi connectivity index (χ1n) is 4.19. The molecule has 0 spiro atoms. The number of aryl methyl sites for hydroxylation is 1. The van der Waals surface area contributed by atoms with Crippen LogP contribution < -0.4 is 4.74 Å². The fraction of sp³-hybridized carbons (Fsp3) is 0.571. The summed E-state index contributed by atoms with van der Waals surface area (Å²) in [7, 11) is 1.05. The van der Waals surface area contributed by atoms with Gasteiger partial charge in [0, 0.05) is 6.54 Å². The van der Waals surface area contributed by atoms with Gasteiger partial charge in [-0.3, -0.25) is 10.1 Å². The van der Waals surface area contributed by atoms with Gasteiger partial charge in [0.2, 0.25) is 5.69 Å². The Labute approximate surface area is 87.8 Å². The minimum absolute atomic E-state index is 0.0418. The summed E-state index contributed by atoms with van der Waals surface area (Å²) < 4.78 is 42.7. The number of nitro groups is 1. The van der Waals surface area contributed by atoms with E-state index in [1.165, 1.54) is 6.92 Å². The van der Waals surface area contributed by atoms with Crippen LogP contribution in [0.1, 0.15) is 12.6 Å². The van der Waals surface area contributed by atoms with Crippen molar-refractivity contribution >= 4 is 5.69 Å². The predicted molar refractivity (Wildman–Crippen MR) is 46.1 cm³/mol. The molecule has 16 heavy (non-hydrogen) atoms. The van der Waals surface area contributed by atoms with Crippen LogP contribution in [0, 0.1) is 10.1 Å². The highest BCUT2D eigenvalue weighted by molar-refractivity contribution is 5.47. The molecule has 0 atom stereocenters. The van der Waals surface area contributed by atoms with Crippen LogP contribution in [0.4, 0.5) is 18.9 Å². The zero-order valence-corrected chi connectivity index (χ0v) is 8.41. The summed E-state index contributed by atoms with van der Waals surface area (Å²) in [4.78, 5) is 9.40. The van der Waals surface area contributed by atoms with Crippen molar-refractivity contribution in [2.45, 2.75) is 19.6 Å². The predicted octanol–water partition coefficient (Wildman–Crippen LogP) is 1.84. The molecular formula is C7H8F3N3O3. The Bertz CT molecular complexity index is 413. The van der Waals surface area contributed by atoms with E-state index in [-0.39, 0.29) is 6.54 Å². The molecule has 90 valence electrons. The largest absolute Gasteiger partial charge is 0.476 e. The van der Waals surface area contributed by atoms with Crippen LogP contribution in [0.2, 0.25) is 0 Å². The van der Waals surface area contributed by atoms with Gasteiger partial charge in [0.15, 0.2) is 0 Å². The summed E-state index contributed by atoms with van der Waals surface area (Å²) in [5.41, 5.74) is -2.70. The zero-order chi connectivity index (χ0) is 12.5. The molecule has 0 fully saturated rings. The van der Waals surface area contributed by atoms with Crippen molar-refractivity contribution in [3.63, 3.8) is 0 Å². The molecule has 9 heteroatoms. The van der Waals surface area contributed by atoms with Crippen molar-refractivity contribution in [3.05, 3.63) is 15.8 Å². The molecule has 1 aromatic rings. The molecular weight excluding hydrogens is 231 g/mol. The van der Waals surface area contributed by atoms with Crippen LogP contribution in [0.3, 0.4) is 0 Å². The zero-order valence-electron chi connectivity index (χ0n) is 8.41. The molecule has 0 saturated carbocycles. The summed E-state index contributed by atoms with van der Waals surface area (Å²) in [5, 5.41) is 13.7. The van der Waals surface area contributed by atoms with Gasteiger partial charge >= 0.3 is 11.9 Å². The fourth-order valence-corrected chi connectivity index (χ4v) is 1.21. The van der Waals surface area contributed by atoms with E-state index < -0.39 is 28.4 Å². The number of methoxy groups -OCH3 is 1. The van der Waals surface area contributed by atoms with Gasteiger partial charge in [-0.2, -0.15) is 18.3 Å². The second-order valence-electron chi connectivity index (χ2n) is 2.78. The lowest BCUT2D eigenvalue weighted by Crippen LogP contribution is -2.09. The summed E-state index contributed by atoms with van der Waals surface area (Å²) in [6, 6.07) is 0. The van der Waals surface area contributed by atoms with Gasteiger partial charge in [0.1, 0.15) is 0 Å². The number of ether oxygens (including phenoxy) is 1. The van der Waals surface area contributed by atoms with Gasteiger partial charge in [0.25, 0.3) is 5.88 Å². The lowest BCUT2D eigenvalue weighted by Gasteiger charge is -2.00. The monoisotopic (exact) mass is 239 g/mol. The normalized spacial score (nSPS) is 11.6. The lowest BCUT2D eigenvalue weighted by molar-refractivity contribution is -0.389. The Morgan fingerprint density at radius 3 is 2.44 bits per heavy atom. The van der Waals surface area contributed by atoms with Gasteiger partial charge in [-0.25, -0.2) is 4.68 Å². The van der Waals surface area contributed by atoms with Crippen molar-refractivity contribution < 1.29 is 22.8 Å². The number of hydrogen-bond acceptors (Lipinski definition) is 4. The summed E-state index contributed by atoms with van der Waals surface area (Å²) in [5.74, 6) is -0.500. The molecule has 0 unspecified atom stereocenters. The topological polar surface area (TPSA) is 70.2 Å². The Hall–Kier alpha value is -1.80.